The van der Waals surface area contributed by atoms with Crippen molar-refractivity contribution in [2.45, 2.75) is 53.9 Å². The Balaban J connectivity index is 0.000000194. The minimum absolute atomic E-state index is 0.0212. The Kier molecular flexibility index (Phi) is 22.1. The molecule has 9 N–H and O–H groups in total. The average Bonchev–Trinajstić information content (AvgIpc) is 1.77. The molecule has 3 amide bonds. The number of aryl methyl sites for hydroxylation is 5. The molecule has 0 saturated carbocycles. The van der Waals surface area contributed by atoms with E-state index in [0.717, 1.165) is 30.4 Å². The van der Waals surface area contributed by atoms with Gasteiger partial charge in [-0.25, -0.2) is 35.1 Å². The molecule has 0 unspecified atom stereocenters. The molecular formula is C65H62BrFN12O12. The second-order valence-corrected chi connectivity index (χ2v) is 21.1. The van der Waals surface area contributed by atoms with Crippen LogP contribution in [0.15, 0.2) is 159 Å². The molecule has 26 heteroatoms. The normalized spacial score (nSPS) is 11.4. The Labute approximate surface area is 528 Å². The standard InChI is InChI=1S/C23H24N4O4.C22H22N4O4.C20H16BrFN4O4/c1-4-5-15-6-8-16(9-7-15)20-21(28)19(26-27(20)3)14(2)24-25-22(29)17-10-12-18(13-11-17)23(30)31;1-4-14-5-7-15(8-6-14)19-20(27)18(25-26(19)3)13(2)23-24-21(28)16-9-11-17(12-10-16)22(29)30;1-10(23-24-19(28)11-3-5-12(6-4-11)20(29)30)16-18(27)17(26(2)25-16)13-7-8-15(22)14(21)9-13/h6-13,28H,4-5H2,1-3H3,(H,25,29)(H,30,31);5-12,27H,4H2,1-3H3,(H,24,28)(H,29,30);3-9,27H,1-2H3,(H,24,28)(H,29,30)/b24-14+;23-13+;23-10+. The molecule has 0 radical (unpaired) electrons. The van der Waals surface area contributed by atoms with E-state index in [1.807, 2.05) is 48.5 Å². The first-order valence-corrected chi connectivity index (χ1v) is 28.6. The number of carbonyl (C=O) groups is 6. The van der Waals surface area contributed by atoms with Gasteiger partial charge in [-0.1, -0.05) is 68.8 Å². The third-order valence-electron chi connectivity index (χ3n) is 13.8. The number of hydrazone groups is 3. The highest BCUT2D eigenvalue weighted by atomic mass is 79.9. The molecule has 0 aliphatic carbocycles. The SMILES string of the molecule is C/C(=N\NC(=O)c1ccc(C(=O)O)cc1)c1nn(C)c(-c2ccc(F)c(Br)c2)c1O.CCCc1ccc(-c2c(O)c(/C(C)=N/NC(=O)c3ccc(C(=O)O)cc3)nn2C)cc1.CCc1ccc(-c2c(O)c(/C(C)=N/NC(=O)c3ccc(C(=O)O)cc3)nn2C)cc1. The number of nitrogens with zero attached hydrogens (tertiary/aromatic N) is 9. The van der Waals surface area contributed by atoms with Crippen LogP contribution in [-0.2, 0) is 34.0 Å². The molecule has 468 valence electrons. The average molecular weight is 1300 g/mol. The number of nitrogens with one attached hydrogen (secondary N) is 3. The molecule has 0 spiro atoms. The first kappa shape index (κ1) is 67.1. The lowest BCUT2D eigenvalue weighted by molar-refractivity contribution is 0.0686. The summed E-state index contributed by atoms with van der Waals surface area (Å²) in [4.78, 5) is 69.4. The summed E-state index contributed by atoms with van der Waals surface area (Å²) in [5, 5.41) is 83.7. The number of aromatic carboxylic acids is 3. The smallest absolute Gasteiger partial charge is 0.335 e. The highest BCUT2D eigenvalue weighted by molar-refractivity contribution is 9.10. The Morgan fingerprint density at radius 2 is 0.736 bits per heavy atom. The first-order valence-electron chi connectivity index (χ1n) is 27.8. The van der Waals surface area contributed by atoms with Crippen LogP contribution in [0.4, 0.5) is 4.39 Å². The van der Waals surface area contributed by atoms with Gasteiger partial charge in [-0.05, 0) is 152 Å². The maximum atomic E-state index is 13.5. The molecule has 0 bridgehead atoms. The van der Waals surface area contributed by atoms with Gasteiger partial charge in [-0.2, -0.15) is 30.6 Å². The van der Waals surface area contributed by atoms with Crippen molar-refractivity contribution < 1.29 is 63.8 Å². The number of halogens is 2. The fourth-order valence-electron chi connectivity index (χ4n) is 8.95. The third-order valence-corrected chi connectivity index (χ3v) is 14.5. The topological polar surface area (TPSA) is 350 Å². The first-order chi connectivity index (χ1) is 43.3. The van der Waals surface area contributed by atoms with E-state index in [2.05, 4.69) is 76.7 Å². The molecule has 6 aromatic carbocycles. The summed E-state index contributed by atoms with van der Waals surface area (Å²) in [6.07, 6.45) is 2.98. The zero-order valence-corrected chi connectivity index (χ0v) is 51.9. The summed E-state index contributed by atoms with van der Waals surface area (Å²) in [5.74, 6) is -5.43. The zero-order valence-electron chi connectivity index (χ0n) is 50.3. The van der Waals surface area contributed by atoms with Crippen LogP contribution in [-0.4, -0.2) is 113 Å². The molecule has 0 aliphatic rings. The lowest BCUT2D eigenvalue weighted by Gasteiger charge is -2.05. The monoisotopic (exact) mass is 1300 g/mol. The highest BCUT2D eigenvalue weighted by Crippen LogP contribution is 2.36. The number of aromatic nitrogens is 6. The van der Waals surface area contributed by atoms with Gasteiger partial charge in [0.25, 0.3) is 17.7 Å². The van der Waals surface area contributed by atoms with Crippen LogP contribution < -0.4 is 16.3 Å². The predicted molar refractivity (Wildman–Crippen MR) is 341 cm³/mol. The van der Waals surface area contributed by atoms with E-state index in [1.54, 1.807) is 51.3 Å². The molecule has 9 aromatic rings. The second-order valence-electron chi connectivity index (χ2n) is 20.2. The summed E-state index contributed by atoms with van der Waals surface area (Å²) in [5.41, 5.74) is 15.8. The van der Waals surface area contributed by atoms with Crippen LogP contribution >= 0.6 is 15.9 Å². The molecule has 0 fully saturated rings. The molecule has 3 aromatic heterocycles. The van der Waals surface area contributed by atoms with Crippen LogP contribution in [0.25, 0.3) is 33.8 Å². The van der Waals surface area contributed by atoms with Gasteiger partial charge < -0.3 is 30.6 Å². The van der Waals surface area contributed by atoms with E-state index in [1.165, 1.54) is 107 Å². The van der Waals surface area contributed by atoms with Crippen molar-refractivity contribution in [2.24, 2.45) is 36.4 Å². The number of hydrogen-bond acceptors (Lipinski definition) is 15. The molecule has 0 atom stereocenters. The number of benzene rings is 6. The largest absolute Gasteiger partial charge is 0.504 e. The van der Waals surface area contributed by atoms with Crippen molar-refractivity contribution in [3.05, 3.63) is 211 Å². The van der Waals surface area contributed by atoms with Crippen molar-refractivity contribution in [1.29, 1.82) is 0 Å². The lowest BCUT2D eigenvalue weighted by atomic mass is 10.0. The van der Waals surface area contributed by atoms with Gasteiger partial charge in [0, 0.05) is 54.5 Å². The van der Waals surface area contributed by atoms with Gasteiger partial charge in [0.15, 0.2) is 34.3 Å². The minimum Gasteiger partial charge on any atom is -0.504 e. The summed E-state index contributed by atoms with van der Waals surface area (Å²) < 4.78 is 18.3. The zero-order chi connectivity index (χ0) is 66.4. The molecule has 9 rings (SSSR count). The maximum absolute atomic E-state index is 13.5. The Morgan fingerprint density at radius 1 is 0.451 bits per heavy atom. The van der Waals surface area contributed by atoms with Gasteiger partial charge >= 0.3 is 17.9 Å². The Bertz CT molecular complexity index is 4290. The quantitative estimate of drug-likeness (QED) is 0.0285. The van der Waals surface area contributed by atoms with E-state index < -0.39 is 41.4 Å². The molecule has 3 heterocycles. The lowest BCUT2D eigenvalue weighted by Crippen LogP contribution is -2.19. The number of carboxylic acid groups (broad SMARTS) is 3. The van der Waals surface area contributed by atoms with Crippen LogP contribution in [0, 0.1) is 5.82 Å². The fourth-order valence-corrected chi connectivity index (χ4v) is 9.33. The number of carboxylic acids is 3. The fraction of sp³-hybridized carbons (Fsp3) is 0.169. The summed E-state index contributed by atoms with van der Waals surface area (Å²) in [6, 6.07) is 36.4. The van der Waals surface area contributed by atoms with E-state index in [0.29, 0.717) is 34.1 Å². The molecule has 24 nitrogen and oxygen atoms in total. The van der Waals surface area contributed by atoms with Crippen LogP contribution in [0.1, 0.15) is 131 Å². The van der Waals surface area contributed by atoms with E-state index in [4.69, 9.17) is 15.3 Å². The van der Waals surface area contributed by atoms with E-state index in [-0.39, 0.29) is 77.9 Å². The van der Waals surface area contributed by atoms with Crippen molar-refractivity contribution in [3.8, 4) is 51.0 Å². The van der Waals surface area contributed by atoms with E-state index in [9.17, 15) is 48.5 Å². The van der Waals surface area contributed by atoms with Gasteiger partial charge in [-0.15, -0.1) is 0 Å². The highest BCUT2D eigenvalue weighted by Gasteiger charge is 2.23. The number of aromatic hydroxyl groups is 3. The molecule has 0 saturated heterocycles. The summed E-state index contributed by atoms with van der Waals surface area (Å²) >= 11 is 3.11. The molecule has 0 aliphatic heterocycles. The predicted octanol–water partition coefficient (Wildman–Crippen LogP) is 10.4. The van der Waals surface area contributed by atoms with Crippen LogP contribution in [0.2, 0.25) is 0 Å². The third kappa shape index (κ3) is 16.4. The van der Waals surface area contributed by atoms with Crippen molar-refractivity contribution in [2.75, 3.05) is 0 Å². The van der Waals surface area contributed by atoms with Gasteiger partial charge in [0.1, 0.15) is 22.9 Å². The van der Waals surface area contributed by atoms with Crippen LogP contribution in [0.5, 0.6) is 17.2 Å². The summed E-state index contributed by atoms with van der Waals surface area (Å²) in [6.45, 7) is 9.01. The number of carbonyl (C=O) groups excluding carboxylic acids is 3. The maximum Gasteiger partial charge on any atom is 0.335 e. The van der Waals surface area contributed by atoms with Gasteiger partial charge in [0.2, 0.25) is 0 Å². The van der Waals surface area contributed by atoms with Crippen LogP contribution in [0.3, 0.4) is 0 Å². The minimum atomic E-state index is -1.09. The number of hydrogen-bond donors (Lipinski definition) is 9. The number of amides is 3. The van der Waals surface area contributed by atoms with Crippen molar-refractivity contribution in [1.82, 2.24) is 45.6 Å². The number of rotatable bonds is 18. The second kappa shape index (κ2) is 30.0. The van der Waals surface area contributed by atoms with E-state index >= 15 is 0 Å². The van der Waals surface area contributed by atoms with Crippen molar-refractivity contribution >= 4 is 68.7 Å². The van der Waals surface area contributed by atoms with Gasteiger partial charge in [-0.3, -0.25) is 28.4 Å². The molecule has 91 heavy (non-hydrogen) atoms. The van der Waals surface area contributed by atoms with Gasteiger partial charge in [0.05, 0.1) is 38.3 Å². The van der Waals surface area contributed by atoms with Crippen molar-refractivity contribution in [3.63, 3.8) is 0 Å². The Morgan fingerprint density at radius 3 is 1.02 bits per heavy atom. The Hall–Kier alpha value is -11.4. The molecular weight excluding hydrogens is 1240 g/mol. The summed E-state index contributed by atoms with van der Waals surface area (Å²) in [7, 11) is 5.07.